The van der Waals surface area contributed by atoms with Gasteiger partial charge in [-0.1, -0.05) is 11.6 Å². The van der Waals surface area contributed by atoms with Gasteiger partial charge in [-0.25, -0.2) is 9.18 Å². The number of aromatic nitrogens is 2. The van der Waals surface area contributed by atoms with Crippen molar-refractivity contribution in [2.24, 2.45) is 0 Å². The molecule has 20 heavy (non-hydrogen) atoms. The molecule has 7 nitrogen and oxygen atoms in total. The van der Waals surface area contributed by atoms with Crippen LogP contribution in [0.2, 0.25) is 0 Å². The van der Waals surface area contributed by atoms with Crippen LogP contribution in [0, 0.1) is 0 Å². The van der Waals surface area contributed by atoms with E-state index >= 15 is 0 Å². The molecular formula is C11H12ClFN2O5. The van der Waals surface area contributed by atoms with E-state index in [0.717, 1.165) is 16.3 Å². The maximum Gasteiger partial charge on any atom is 0.330 e. The zero-order valence-corrected chi connectivity index (χ0v) is 10.8. The lowest BCUT2D eigenvalue weighted by Gasteiger charge is -2.16. The third kappa shape index (κ3) is 2.55. The molecule has 1 aliphatic heterocycles. The Morgan fingerprint density at radius 3 is 2.80 bits per heavy atom. The first-order chi connectivity index (χ1) is 9.49. The second-order valence-corrected chi connectivity index (χ2v) is 4.48. The number of nitrogens with zero attached hydrogens (tertiary/aromatic N) is 1. The summed E-state index contributed by atoms with van der Waals surface area (Å²) in [5.41, 5.74) is -0.485. The minimum Gasteiger partial charge on any atom is -0.394 e. The third-order valence-corrected chi connectivity index (χ3v) is 3.11. The van der Waals surface area contributed by atoms with Crippen molar-refractivity contribution >= 4 is 17.7 Å². The summed E-state index contributed by atoms with van der Waals surface area (Å²) < 4.78 is 19.8. The minimum atomic E-state index is -1.91. The number of rotatable bonds is 3. The predicted octanol–water partition coefficient (Wildman–Crippen LogP) is -0.665. The average molecular weight is 307 g/mol. The Bertz CT molecular complexity index is 628. The molecule has 0 unspecified atom stereocenters. The summed E-state index contributed by atoms with van der Waals surface area (Å²) in [4.78, 5) is 25.1. The van der Waals surface area contributed by atoms with Crippen molar-refractivity contribution in [2.75, 3.05) is 6.61 Å². The molecule has 3 N–H and O–H groups in total. The quantitative estimate of drug-likeness (QED) is 0.687. The monoisotopic (exact) mass is 306 g/mol. The van der Waals surface area contributed by atoms with Crippen LogP contribution >= 0.6 is 11.6 Å². The highest BCUT2D eigenvalue weighted by Crippen LogP contribution is 2.30. The van der Waals surface area contributed by atoms with Gasteiger partial charge in [0.15, 0.2) is 12.4 Å². The summed E-state index contributed by atoms with van der Waals surface area (Å²) in [6.45, 7) is -0.593. The normalized spacial score (nSPS) is 30.2. The number of aromatic amines is 1. The smallest absolute Gasteiger partial charge is 0.330 e. The van der Waals surface area contributed by atoms with Crippen molar-refractivity contribution in [1.82, 2.24) is 9.55 Å². The number of aliphatic hydroxyl groups is 2. The SMILES string of the molecule is O=c1[nH]c(=O)n([C@@H]2O[C@H](CO)[C@@H](O)[C@@H]2F)cc1/C=C/Cl. The molecule has 110 valence electrons. The van der Waals surface area contributed by atoms with Gasteiger partial charge < -0.3 is 14.9 Å². The third-order valence-electron chi connectivity index (χ3n) is 2.99. The van der Waals surface area contributed by atoms with Gasteiger partial charge in [0.1, 0.15) is 12.2 Å². The number of halogens is 2. The first-order valence-electron chi connectivity index (χ1n) is 5.70. The van der Waals surface area contributed by atoms with Crippen molar-refractivity contribution < 1.29 is 19.3 Å². The highest BCUT2D eigenvalue weighted by molar-refractivity contribution is 6.27. The molecular weight excluding hydrogens is 295 g/mol. The summed E-state index contributed by atoms with van der Waals surface area (Å²) in [5.74, 6) is 0. The molecule has 4 atom stereocenters. The zero-order valence-electron chi connectivity index (χ0n) is 10.1. The first kappa shape index (κ1) is 14.9. The minimum absolute atomic E-state index is 0.0253. The zero-order chi connectivity index (χ0) is 14.9. The summed E-state index contributed by atoms with van der Waals surface area (Å²) in [6, 6.07) is 0. The molecule has 0 aromatic carbocycles. The van der Waals surface area contributed by atoms with Crippen LogP contribution in [0.4, 0.5) is 4.39 Å². The molecule has 2 heterocycles. The number of hydrogen-bond acceptors (Lipinski definition) is 5. The van der Waals surface area contributed by atoms with Crippen LogP contribution in [0.15, 0.2) is 21.3 Å². The van der Waals surface area contributed by atoms with Crippen molar-refractivity contribution in [3.8, 4) is 0 Å². The molecule has 1 fully saturated rings. The standard InChI is InChI=1S/C11H12ClFN2O5/c12-2-1-5-3-15(11(19)14-9(5)18)10-7(13)8(17)6(4-16)20-10/h1-3,6-8,10,16-17H,4H2,(H,14,18,19)/b2-1+/t6-,7+,8-,10-/m1/s1. The molecule has 1 saturated heterocycles. The molecule has 0 spiro atoms. The summed E-state index contributed by atoms with van der Waals surface area (Å²) in [6.07, 6.45) is -3.75. The molecule has 0 bridgehead atoms. The Labute approximate surface area is 116 Å². The second kappa shape index (κ2) is 5.88. The maximum absolute atomic E-state index is 13.9. The molecule has 1 aliphatic rings. The van der Waals surface area contributed by atoms with E-state index in [-0.39, 0.29) is 5.56 Å². The van der Waals surface area contributed by atoms with Gasteiger partial charge in [0, 0.05) is 11.7 Å². The van der Waals surface area contributed by atoms with Gasteiger partial charge in [0.25, 0.3) is 5.56 Å². The van der Waals surface area contributed by atoms with Gasteiger partial charge >= 0.3 is 5.69 Å². The maximum atomic E-state index is 13.9. The van der Waals surface area contributed by atoms with Crippen molar-refractivity contribution in [2.45, 2.75) is 24.6 Å². The van der Waals surface area contributed by atoms with E-state index in [4.69, 9.17) is 21.4 Å². The van der Waals surface area contributed by atoms with Gasteiger partial charge in [-0.3, -0.25) is 14.3 Å². The summed E-state index contributed by atoms with van der Waals surface area (Å²) in [5, 5.41) is 18.5. The van der Waals surface area contributed by atoms with E-state index in [1.165, 1.54) is 6.08 Å². The van der Waals surface area contributed by atoms with Crippen LogP contribution in [0.5, 0.6) is 0 Å². The van der Waals surface area contributed by atoms with E-state index in [1.807, 2.05) is 4.98 Å². The molecule has 0 aliphatic carbocycles. The topological polar surface area (TPSA) is 105 Å². The van der Waals surface area contributed by atoms with Crippen LogP contribution in [0.25, 0.3) is 6.08 Å². The Balaban J connectivity index is 2.46. The number of aliphatic hydroxyl groups excluding tert-OH is 2. The van der Waals surface area contributed by atoms with Gasteiger partial charge in [0.2, 0.25) is 0 Å². The Hall–Kier alpha value is -1.48. The lowest BCUT2D eigenvalue weighted by molar-refractivity contribution is -0.0491. The van der Waals surface area contributed by atoms with E-state index < -0.39 is 42.5 Å². The van der Waals surface area contributed by atoms with Crippen LogP contribution in [-0.2, 0) is 4.74 Å². The second-order valence-electron chi connectivity index (χ2n) is 4.23. The van der Waals surface area contributed by atoms with Crippen molar-refractivity contribution in [3.63, 3.8) is 0 Å². The van der Waals surface area contributed by atoms with Crippen LogP contribution in [-0.4, -0.2) is 44.8 Å². The largest absolute Gasteiger partial charge is 0.394 e. The number of alkyl halides is 1. The van der Waals surface area contributed by atoms with Crippen molar-refractivity contribution in [1.29, 1.82) is 0 Å². The average Bonchev–Trinajstić information content (AvgIpc) is 2.70. The Morgan fingerprint density at radius 1 is 1.55 bits per heavy atom. The fraction of sp³-hybridized carbons (Fsp3) is 0.455. The molecule has 0 radical (unpaired) electrons. The van der Waals surface area contributed by atoms with Gasteiger partial charge in [-0.15, -0.1) is 0 Å². The number of ether oxygens (including phenoxy) is 1. The lowest BCUT2D eigenvalue weighted by atomic mass is 10.1. The number of H-pyrrole nitrogens is 1. The van der Waals surface area contributed by atoms with Crippen LogP contribution in [0.3, 0.4) is 0 Å². The predicted molar refractivity (Wildman–Crippen MR) is 68.1 cm³/mol. The van der Waals surface area contributed by atoms with E-state index in [9.17, 15) is 19.1 Å². The Morgan fingerprint density at radius 2 is 2.25 bits per heavy atom. The first-order valence-corrected chi connectivity index (χ1v) is 6.14. The van der Waals surface area contributed by atoms with Gasteiger partial charge in [-0.05, 0) is 6.08 Å². The molecule has 1 aromatic rings. The fourth-order valence-corrected chi connectivity index (χ4v) is 2.09. The molecule has 0 amide bonds. The summed E-state index contributed by atoms with van der Waals surface area (Å²) >= 11 is 5.36. The molecule has 2 rings (SSSR count). The van der Waals surface area contributed by atoms with Crippen molar-refractivity contribution in [3.05, 3.63) is 38.1 Å². The van der Waals surface area contributed by atoms with E-state index in [2.05, 4.69) is 0 Å². The summed E-state index contributed by atoms with van der Waals surface area (Å²) in [7, 11) is 0. The molecule has 1 aromatic heterocycles. The van der Waals surface area contributed by atoms with E-state index in [1.54, 1.807) is 0 Å². The van der Waals surface area contributed by atoms with E-state index in [0.29, 0.717) is 0 Å². The number of nitrogens with one attached hydrogen (secondary N) is 1. The van der Waals surface area contributed by atoms with Crippen LogP contribution in [0.1, 0.15) is 11.8 Å². The fourth-order valence-electron chi connectivity index (χ4n) is 1.95. The lowest BCUT2D eigenvalue weighted by Crippen LogP contribution is -2.36. The van der Waals surface area contributed by atoms with Gasteiger partial charge in [0.05, 0.1) is 12.2 Å². The highest BCUT2D eigenvalue weighted by atomic mass is 35.5. The molecule has 9 heteroatoms. The van der Waals surface area contributed by atoms with Crippen LogP contribution < -0.4 is 11.2 Å². The molecule has 0 saturated carbocycles. The highest BCUT2D eigenvalue weighted by Gasteiger charge is 2.45. The van der Waals surface area contributed by atoms with Gasteiger partial charge in [-0.2, -0.15) is 0 Å². The number of hydrogen-bond donors (Lipinski definition) is 3. The Kier molecular flexibility index (Phi) is 4.39.